The van der Waals surface area contributed by atoms with Crippen LogP contribution in [0.15, 0.2) is 38.8 Å². The molecule has 0 unspecified atom stereocenters. The van der Waals surface area contributed by atoms with Crippen LogP contribution in [0.2, 0.25) is 0 Å². The fraction of sp³-hybridized carbons (Fsp3) is 0.412. The van der Waals surface area contributed by atoms with Gasteiger partial charge in [-0.15, -0.1) is 0 Å². The summed E-state index contributed by atoms with van der Waals surface area (Å²) in [7, 11) is 0. The van der Waals surface area contributed by atoms with Gasteiger partial charge in [-0.3, -0.25) is 14.7 Å². The first kappa shape index (κ1) is 16.9. The van der Waals surface area contributed by atoms with E-state index in [1.54, 1.807) is 18.4 Å². The number of H-pyrrole nitrogens is 1. The second kappa shape index (κ2) is 6.99. The fourth-order valence-electron chi connectivity index (χ4n) is 3.17. The van der Waals surface area contributed by atoms with E-state index < -0.39 is 0 Å². The highest BCUT2D eigenvalue weighted by atomic mass is 32.2. The number of carbonyl (C=O) groups is 1. The summed E-state index contributed by atoms with van der Waals surface area (Å²) < 4.78 is 6.86. The Morgan fingerprint density at radius 1 is 1.42 bits per heavy atom. The van der Waals surface area contributed by atoms with Gasteiger partial charge in [-0.05, 0) is 38.3 Å². The number of nitrogens with one attached hydrogen (secondary N) is 1. The molecule has 1 aliphatic heterocycles. The summed E-state index contributed by atoms with van der Waals surface area (Å²) in [5, 5.41) is 3.17. The summed E-state index contributed by atoms with van der Waals surface area (Å²) in [5.74, 6) is 1.24. The molecule has 0 aliphatic carbocycles. The zero-order valence-electron chi connectivity index (χ0n) is 14.3. The molecule has 1 amide bonds. The Kier molecular flexibility index (Phi) is 4.54. The molecule has 0 aromatic carbocycles. The first-order valence-corrected chi connectivity index (χ1v) is 9.56. The lowest BCUT2D eigenvalue weighted by atomic mass is 10.0. The molecule has 3 aromatic heterocycles. The number of aromatic nitrogens is 4. The molecule has 4 rings (SSSR count). The maximum atomic E-state index is 12.6. The van der Waals surface area contributed by atoms with Crippen LogP contribution >= 0.6 is 11.8 Å². The van der Waals surface area contributed by atoms with Crippen molar-refractivity contribution in [3.63, 3.8) is 0 Å². The lowest BCUT2D eigenvalue weighted by Gasteiger charge is -2.33. The van der Waals surface area contributed by atoms with Crippen molar-refractivity contribution in [1.29, 1.82) is 0 Å². The third-order valence-electron chi connectivity index (χ3n) is 4.51. The van der Waals surface area contributed by atoms with Crippen molar-refractivity contribution in [2.75, 3.05) is 12.3 Å². The average Bonchev–Trinajstić information content (AvgIpc) is 3.28. The minimum absolute atomic E-state index is 0.0861. The predicted octanol–water partition coefficient (Wildman–Crippen LogP) is 2.17. The number of amides is 1. The van der Waals surface area contributed by atoms with E-state index in [1.165, 1.54) is 28.8 Å². The number of piperidine rings is 1. The molecule has 4 heterocycles. The highest BCUT2D eigenvalue weighted by Gasteiger charge is 2.23. The van der Waals surface area contributed by atoms with Gasteiger partial charge < -0.3 is 9.32 Å². The van der Waals surface area contributed by atoms with Crippen LogP contribution in [0, 0.1) is 0 Å². The molecule has 1 atom stereocenters. The summed E-state index contributed by atoms with van der Waals surface area (Å²) in [6, 6.07) is 5.17. The van der Waals surface area contributed by atoms with Crippen molar-refractivity contribution in [3.8, 4) is 11.6 Å². The fourth-order valence-corrected chi connectivity index (χ4v) is 4.01. The van der Waals surface area contributed by atoms with E-state index in [0.29, 0.717) is 22.4 Å². The van der Waals surface area contributed by atoms with Gasteiger partial charge in [-0.25, -0.2) is 9.50 Å². The van der Waals surface area contributed by atoms with Gasteiger partial charge in [-0.2, -0.15) is 4.98 Å². The number of carbonyl (C=O) groups excluding carboxylic acids is 1. The Hall–Kier alpha value is -2.55. The van der Waals surface area contributed by atoms with Crippen LogP contribution in [0.25, 0.3) is 17.2 Å². The van der Waals surface area contributed by atoms with E-state index in [9.17, 15) is 9.59 Å². The number of likely N-dealkylation sites (tertiary alicyclic amines) is 1. The number of aromatic amines is 1. The molecule has 26 heavy (non-hydrogen) atoms. The molecule has 0 saturated carbocycles. The molecule has 136 valence electrons. The lowest BCUT2D eigenvalue weighted by Crippen LogP contribution is -2.43. The van der Waals surface area contributed by atoms with E-state index in [4.69, 9.17) is 4.42 Å². The summed E-state index contributed by atoms with van der Waals surface area (Å²) in [4.78, 5) is 35.1. The van der Waals surface area contributed by atoms with Crippen LogP contribution in [0.4, 0.5) is 0 Å². The van der Waals surface area contributed by atoms with E-state index in [2.05, 4.69) is 22.0 Å². The van der Waals surface area contributed by atoms with Crippen LogP contribution in [-0.2, 0) is 4.79 Å². The molecule has 1 fully saturated rings. The summed E-state index contributed by atoms with van der Waals surface area (Å²) in [6.07, 6.45) is 4.80. The third kappa shape index (κ3) is 3.26. The van der Waals surface area contributed by atoms with Crippen LogP contribution in [-0.4, -0.2) is 48.7 Å². The number of fused-ring (bicyclic) bond motifs is 1. The Labute approximate surface area is 153 Å². The largest absolute Gasteiger partial charge is 0.461 e. The number of nitrogens with zero attached hydrogens (tertiary/aromatic N) is 4. The minimum atomic E-state index is -0.270. The molecular formula is C17H19N5O3S. The monoisotopic (exact) mass is 373 g/mol. The van der Waals surface area contributed by atoms with E-state index >= 15 is 0 Å². The van der Waals surface area contributed by atoms with Crippen molar-refractivity contribution in [3.05, 3.63) is 34.8 Å². The second-order valence-electron chi connectivity index (χ2n) is 6.34. The van der Waals surface area contributed by atoms with E-state index in [1.807, 2.05) is 4.90 Å². The summed E-state index contributed by atoms with van der Waals surface area (Å²) >= 11 is 1.29. The Morgan fingerprint density at radius 2 is 2.31 bits per heavy atom. The maximum Gasteiger partial charge on any atom is 0.266 e. The van der Waals surface area contributed by atoms with Crippen LogP contribution < -0.4 is 5.56 Å². The van der Waals surface area contributed by atoms with Crippen LogP contribution in [0.1, 0.15) is 26.2 Å². The molecule has 1 N–H and O–H groups in total. The van der Waals surface area contributed by atoms with Crippen molar-refractivity contribution in [1.82, 2.24) is 24.5 Å². The van der Waals surface area contributed by atoms with Gasteiger partial charge in [0, 0.05) is 18.7 Å². The molecule has 1 saturated heterocycles. The number of furan rings is 1. The number of hydrogen-bond donors (Lipinski definition) is 1. The minimum Gasteiger partial charge on any atom is -0.461 e. The second-order valence-corrected chi connectivity index (χ2v) is 7.28. The number of rotatable bonds is 4. The standard InChI is InChI=1S/C17H19N5O3S/c1-11-5-2-3-7-21(11)15(24)10-26-17-19-16(12-6-4-8-25-12)18-13-9-14(23)20-22(13)17/h4,6,8-9,11H,2-3,5,7,10H2,1H3,(H,20,23)/t11-/m1/s1. The Morgan fingerprint density at radius 3 is 3.08 bits per heavy atom. The Bertz CT molecular complexity index is 978. The molecule has 8 nitrogen and oxygen atoms in total. The molecule has 0 bridgehead atoms. The normalized spacial score (nSPS) is 17.7. The molecule has 0 spiro atoms. The molecule has 1 aliphatic rings. The van der Waals surface area contributed by atoms with Gasteiger partial charge in [0.1, 0.15) is 0 Å². The first-order chi connectivity index (χ1) is 12.6. The summed E-state index contributed by atoms with van der Waals surface area (Å²) in [6.45, 7) is 2.89. The first-order valence-electron chi connectivity index (χ1n) is 8.58. The zero-order valence-corrected chi connectivity index (χ0v) is 15.2. The maximum absolute atomic E-state index is 12.6. The van der Waals surface area contributed by atoms with Gasteiger partial charge in [0.05, 0.1) is 12.0 Å². The highest BCUT2D eigenvalue weighted by molar-refractivity contribution is 7.99. The lowest BCUT2D eigenvalue weighted by molar-refractivity contribution is -0.131. The summed E-state index contributed by atoms with van der Waals surface area (Å²) in [5.41, 5.74) is 0.173. The number of thioether (sulfide) groups is 1. The van der Waals surface area contributed by atoms with Gasteiger partial charge >= 0.3 is 0 Å². The van der Waals surface area contributed by atoms with Gasteiger partial charge in [0.15, 0.2) is 22.4 Å². The van der Waals surface area contributed by atoms with Crippen molar-refractivity contribution in [2.45, 2.75) is 37.4 Å². The zero-order chi connectivity index (χ0) is 18.1. The van der Waals surface area contributed by atoms with Gasteiger partial charge in [0.2, 0.25) is 5.91 Å². The third-order valence-corrected chi connectivity index (χ3v) is 5.44. The van der Waals surface area contributed by atoms with Gasteiger partial charge in [0.25, 0.3) is 5.56 Å². The van der Waals surface area contributed by atoms with Crippen molar-refractivity contribution in [2.24, 2.45) is 0 Å². The smallest absolute Gasteiger partial charge is 0.266 e. The molecular weight excluding hydrogens is 354 g/mol. The van der Waals surface area contributed by atoms with Crippen LogP contribution in [0.3, 0.4) is 0 Å². The molecule has 9 heteroatoms. The quantitative estimate of drug-likeness (QED) is 0.704. The predicted molar refractivity (Wildman–Crippen MR) is 97.1 cm³/mol. The van der Waals surface area contributed by atoms with Gasteiger partial charge in [-0.1, -0.05) is 11.8 Å². The van der Waals surface area contributed by atoms with Crippen molar-refractivity contribution >= 4 is 23.3 Å². The molecule has 3 aromatic rings. The SMILES string of the molecule is C[C@@H]1CCCCN1C(=O)CSc1nc(-c2ccco2)nc2cc(=O)[nH]n12. The van der Waals surface area contributed by atoms with Crippen LogP contribution in [0.5, 0.6) is 0 Å². The van der Waals surface area contributed by atoms with E-state index in [-0.39, 0.29) is 23.3 Å². The number of hydrogen-bond acceptors (Lipinski definition) is 6. The highest BCUT2D eigenvalue weighted by Crippen LogP contribution is 2.23. The molecule has 0 radical (unpaired) electrons. The average molecular weight is 373 g/mol. The Balaban J connectivity index is 1.61. The van der Waals surface area contributed by atoms with E-state index in [0.717, 1.165) is 19.4 Å². The topological polar surface area (TPSA) is 96.5 Å². The van der Waals surface area contributed by atoms with Crippen molar-refractivity contribution < 1.29 is 9.21 Å².